The number of hydrogen-bond donors (Lipinski definition) is 2. The molecule has 0 saturated heterocycles. The van der Waals surface area contributed by atoms with Crippen molar-refractivity contribution in [3.63, 3.8) is 0 Å². The summed E-state index contributed by atoms with van der Waals surface area (Å²) in [5.74, 6) is -0.0245. The highest BCUT2D eigenvalue weighted by molar-refractivity contribution is 7.12. The summed E-state index contributed by atoms with van der Waals surface area (Å²) < 4.78 is 0. The summed E-state index contributed by atoms with van der Waals surface area (Å²) in [5, 5.41) is 6.06. The molecule has 1 aromatic heterocycles. The maximum absolute atomic E-state index is 12.2. The molecule has 0 fully saturated rings. The normalized spacial score (nSPS) is 13.1. The van der Waals surface area contributed by atoms with Crippen LogP contribution in [0.2, 0.25) is 0 Å². The van der Waals surface area contributed by atoms with Crippen molar-refractivity contribution >= 4 is 22.9 Å². The maximum atomic E-state index is 12.2. The zero-order valence-corrected chi connectivity index (χ0v) is 12.3. The fourth-order valence-electron chi connectivity index (χ4n) is 2.64. The molecule has 2 aromatic rings. The van der Waals surface area contributed by atoms with Gasteiger partial charge < -0.3 is 10.6 Å². The predicted octanol–water partition coefficient (Wildman–Crippen LogP) is 3.21. The fraction of sp³-hybridized carbons (Fsp3) is 0.312. The van der Waals surface area contributed by atoms with Gasteiger partial charge in [0.15, 0.2) is 0 Å². The molecule has 0 aliphatic heterocycles. The van der Waals surface area contributed by atoms with Crippen LogP contribution >= 0.6 is 11.3 Å². The lowest BCUT2D eigenvalue weighted by atomic mass is 10.1. The van der Waals surface area contributed by atoms with E-state index in [9.17, 15) is 4.79 Å². The second kappa shape index (κ2) is 5.67. The first-order valence-electron chi connectivity index (χ1n) is 6.93. The Balaban J connectivity index is 1.67. The van der Waals surface area contributed by atoms with E-state index >= 15 is 0 Å². The molecule has 4 heteroatoms. The largest absolute Gasteiger partial charge is 0.387 e. The van der Waals surface area contributed by atoms with Crippen LogP contribution in [0.4, 0.5) is 5.69 Å². The molecule has 1 heterocycles. The third kappa shape index (κ3) is 2.56. The van der Waals surface area contributed by atoms with Crippen LogP contribution in [0.3, 0.4) is 0 Å². The summed E-state index contributed by atoms with van der Waals surface area (Å²) in [4.78, 5) is 15.0. The van der Waals surface area contributed by atoms with Crippen LogP contribution < -0.4 is 10.6 Å². The molecule has 2 N–H and O–H groups in total. The minimum absolute atomic E-state index is 0.0245. The van der Waals surface area contributed by atoms with Gasteiger partial charge in [-0.25, -0.2) is 0 Å². The van der Waals surface area contributed by atoms with Crippen LogP contribution in [0.1, 0.15) is 32.1 Å². The lowest BCUT2D eigenvalue weighted by Crippen LogP contribution is -2.23. The molecule has 3 nitrogen and oxygen atoms in total. The number of carbonyl (C=O) groups excluding carboxylic acids is 1. The molecule has 1 aliphatic carbocycles. The van der Waals surface area contributed by atoms with Gasteiger partial charge in [0.25, 0.3) is 5.91 Å². The molecule has 0 radical (unpaired) electrons. The highest BCUT2D eigenvalue weighted by Gasteiger charge is 2.15. The highest BCUT2D eigenvalue weighted by Crippen LogP contribution is 2.30. The molecule has 3 rings (SSSR count). The van der Waals surface area contributed by atoms with Crippen molar-refractivity contribution in [2.45, 2.75) is 25.8 Å². The van der Waals surface area contributed by atoms with Crippen LogP contribution in [0.5, 0.6) is 0 Å². The number of aryl methyl sites for hydroxylation is 2. The van der Waals surface area contributed by atoms with E-state index in [4.69, 9.17) is 0 Å². The number of hydrogen-bond acceptors (Lipinski definition) is 3. The lowest BCUT2D eigenvalue weighted by Gasteiger charge is -2.08. The number of benzene rings is 1. The van der Waals surface area contributed by atoms with Crippen molar-refractivity contribution in [3.05, 3.63) is 51.2 Å². The van der Waals surface area contributed by atoms with Gasteiger partial charge in [-0.15, -0.1) is 11.3 Å². The van der Waals surface area contributed by atoms with Crippen molar-refractivity contribution in [1.29, 1.82) is 0 Å². The van der Waals surface area contributed by atoms with Crippen LogP contribution in [0, 0.1) is 0 Å². The van der Waals surface area contributed by atoms with Crippen molar-refractivity contribution in [3.8, 4) is 0 Å². The Labute approximate surface area is 123 Å². The zero-order valence-electron chi connectivity index (χ0n) is 11.5. The van der Waals surface area contributed by atoms with Gasteiger partial charge in [-0.3, -0.25) is 4.79 Å². The molecule has 0 atom stereocenters. The molecule has 0 spiro atoms. The molecular formula is C16H18N2OS. The number of thiophene rings is 1. The number of nitrogens with one attached hydrogen (secondary N) is 2. The fourth-order valence-corrected chi connectivity index (χ4v) is 3.84. The van der Waals surface area contributed by atoms with Gasteiger partial charge in [-0.05, 0) is 43.0 Å². The van der Waals surface area contributed by atoms with Crippen LogP contribution in [-0.4, -0.2) is 13.0 Å². The summed E-state index contributed by atoms with van der Waals surface area (Å²) in [7, 11) is 1.83. The number of amides is 1. The SMILES string of the molecule is CNc1ccccc1C(=O)NCc1cc2c(s1)CCC2. The third-order valence-corrected chi connectivity index (χ3v) is 4.90. The smallest absolute Gasteiger partial charge is 0.253 e. The van der Waals surface area contributed by atoms with Crippen LogP contribution in [-0.2, 0) is 19.4 Å². The van der Waals surface area contributed by atoms with E-state index in [1.165, 1.54) is 34.6 Å². The Hall–Kier alpha value is -1.81. The molecule has 0 saturated carbocycles. The van der Waals surface area contributed by atoms with Gasteiger partial charge in [0.2, 0.25) is 0 Å². The Kier molecular flexibility index (Phi) is 3.74. The summed E-state index contributed by atoms with van der Waals surface area (Å²) in [6.45, 7) is 0.620. The maximum Gasteiger partial charge on any atom is 0.253 e. The first-order chi connectivity index (χ1) is 9.78. The molecule has 1 aliphatic rings. The number of fused-ring (bicyclic) bond motifs is 1. The third-order valence-electron chi connectivity index (χ3n) is 3.66. The Bertz CT molecular complexity index is 612. The lowest BCUT2D eigenvalue weighted by molar-refractivity contribution is 0.0952. The molecular weight excluding hydrogens is 268 g/mol. The van der Waals surface area contributed by atoms with Gasteiger partial charge in [-0.1, -0.05) is 12.1 Å². The number of carbonyl (C=O) groups is 1. The second-order valence-corrected chi connectivity index (χ2v) is 6.21. The van der Waals surface area contributed by atoms with E-state index in [-0.39, 0.29) is 5.91 Å². The number of para-hydroxylation sites is 1. The van der Waals surface area contributed by atoms with Gasteiger partial charge in [0.05, 0.1) is 12.1 Å². The first kappa shape index (κ1) is 13.2. The van der Waals surface area contributed by atoms with Gasteiger partial charge in [-0.2, -0.15) is 0 Å². The Morgan fingerprint density at radius 2 is 2.15 bits per heavy atom. The van der Waals surface area contributed by atoms with E-state index in [2.05, 4.69) is 16.7 Å². The Morgan fingerprint density at radius 1 is 1.30 bits per heavy atom. The first-order valence-corrected chi connectivity index (χ1v) is 7.75. The van der Waals surface area contributed by atoms with Crippen molar-refractivity contribution in [1.82, 2.24) is 5.32 Å². The van der Waals surface area contributed by atoms with Gasteiger partial charge >= 0.3 is 0 Å². The van der Waals surface area contributed by atoms with E-state index in [0.717, 1.165) is 5.69 Å². The summed E-state index contributed by atoms with van der Waals surface area (Å²) in [6, 6.07) is 9.81. The summed E-state index contributed by atoms with van der Waals surface area (Å²) >= 11 is 1.84. The molecule has 104 valence electrons. The molecule has 20 heavy (non-hydrogen) atoms. The minimum Gasteiger partial charge on any atom is -0.387 e. The average Bonchev–Trinajstić information content (AvgIpc) is 3.05. The van der Waals surface area contributed by atoms with Crippen LogP contribution in [0.15, 0.2) is 30.3 Å². The second-order valence-electron chi connectivity index (χ2n) is 4.99. The van der Waals surface area contributed by atoms with E-state index in [1.807, 2.05) is 42.6 Å². The van der Waals surface area contributed by atoms with Crippen molar-refractivity contribution in [2.75, 3.05) is 12.4 Å². The van der Waals surface area contributed by atoms with Gasteiger partial charge in [0.1, 0.15) is 0 Å². The number of rotatable bonds is 4. The van der Waals surface area contributed by atoms with Crippen molar-refractivity contribution in [2.24, 2.45) is 0 Å². The molecule has 0 unspecified atom stereocenters. The average molecular weight is 286 g/mol. The minimum atomic E-state index is -0.0245. The molecule has 1 aromatic carbocycles. The summed E-state index contributed by atoms with van der Waals surface area (Å²) in [6.07, 6.45) is 3.68. The van der Waals surface area contributed by atoms with E-state index in [0.29, 0.717) is 12.1 Å². The number of anilines is 1. The topological polar surface area (TPSA) is 41.1 Å². The quantitative estimate of drug-likeness (QED) is 0.906. The van der Waals surface area contributed by atoms with E-state index in [1.54, 1.807) is 0 Å². The monoisotopic (exact) mass is 286 g/mol. The predicted molar refractivity (Wildman–Crippen MR) is 83.5 cm³/mol. The van der Waals surface area contributed by atoms with Crippen molar-refractivity contribution < 1.29 is 4.79 Å². The summed E-state index contributed by atoms with van der Waals surface area (Å²) in [5.41, 5.74) is 3.03. The highest BCUT2D eigenvalue weighted by atomic mass is 32.1. The van der Waals surface area contributed by atoms with Gasteiger partial charge in [0, 0.05) is 22.5 Å². The molecule has 1 amide bonds. The van der Waals surface area contributed by atoms with Crippen LogP contribution in [0.25, 0.3) is 0 Å². The standard InChI is InChI=1S/C16H18N2OS/c1-17-14-7-3-2-6-13(14)16(19)18-10-12-9-11-5-4-8-15(11)20-12/h2-3,6-7,9,17H,4-5,8,10H2,1H3,(H,18,19). The molecule has 0 bridgehead atoms. The Morgan fingerprint density at radius 3 is 2.95 bits per heavy atom. The van der Waals surface area contributed by atoms with E-state index < -0.39 is 0 Å². The zero-order chi connectivity index (χ0) is 13.9.